The zero-order chi connectivity index (χ0) is 19.0. The predicted molar refractivity (Wildman–Crippen MR) is 101 cm³/mol. The van der Waals surface area contributed by atoms with Gasteiger partial charge in [-0.25, -0.2) is 13.5 Å². The number of hydrogen-bond acceptors (Lipinski definition) is 6. The molecular formula is C17H19N5O4S. The third kappa shape index (κ3) is 3.40. The first-order chi connectivity index (χ1) is 12.9. The van der Waals surface area contributed by atoms with Gasteiger partial charge in [-0.05, 0) is 37.3 Å². The topological polar surface area (TPSA) is 109 Å². The summed E-state index contributed by atoms with van der Waals surface area (Å²) in [5.41, 5.74) is 1.25. The molecule has 1 aromatic carbocycles. The summed E-state index contributed by atoms with van der Waals surface area (Å²) in [6.07, 6.45) is 1.39. The van der Waals surface area contributed by atoms with E-state index in [4.69, 9.17) is 4.74 Å². The van der Waals surface area contributed by atoms with Gasteiger partial charge in [0.15, 0.2) is 0 Å². The Morgan fingerprint density at radius 3 is 2.56 bits per heavy atom. The molecule has 0 radical (unpaired) electrons. The number of morpholine rings is 1. The van der Waals surface area contributed by atoms with E-state index in [-0.39, 0.29) is 10.4 Å². The molecule has 27 heavy (non-hydrogen) atoms. The minimum absolute atomic E-state index is 0.00126. The molecule has 1 fully saturated rings. The number of sulfonamides is 1. The Kier molecular flexibility index (Phi) is 4.36. The van der Waals surface area contributed by atoms with Gasteiger partial charge in [0, 0.05) is 30.7 Å². The first-order valence-electron chi connectivity index (χ1n) is 8.47. The maximum absolute atomic E-state index is 12.7. The van der Waals surface area contributed by atoms with Crippen LogP contribution in [0.25, 0.3) is 5.52 Å². The summed E-state index contributed by atoms with van der Waals surface area (Å²) < 4.78 is 34.7. The maximum Gasteiger partial charge on any atom is 0.288 e. The quantitative estimate of drug-likeness (QED) is 0.688. The second kappa shape index (κ2) is 6.71. The summed E-state index contributed by atoms with van der Waals surface area (Å²) in [6, 6.07) is 8.52. The molecule has 2 aromatic heterocycles. The van der Waals surface area contributed by atoms with Crippen LogP contribution >= 0.6 is 0 Å². The zero-order valence-electron chi connectivity index (χ0n) is 14.7. The van der Waals surface area contributed by atoms with Crippen LogP contribution in [0.2, 0.25) is 0 Å². The molecule has 1 saturated heterocycles. The van der Waals surface area contributed by atoms with Crippen molar-refractivity contribution in [3.8, 4) is 0 Å². The predicted octanol–water partition coefficient (Wildman–Crippen LogP) is 0.968. The molecule has 0 saturated carbocycles. The summed E-state index contributed by atoms with van der Waals surface area (Å²) >= 11 is 0. The van der Waals surface area contributed by atoms with Crippen LogP contribution < -0.4 is 15.2 Å². The van der Waals surface area contributed by atoms with E-state index in [9.17, 15) is 13.2 Å². The number of rotatable bonds is 4. The third-order valence-corrected chi connectivity index (χ3v) is 5.85. The van der Waals surface area contributed by atoms with Crippen LogP contribution in [0.15, 0.2) is 46.2 Å². The van der Waals surface area contributed by atoms with Crippen molar-refractivity contribution >= 4 is 26.9 Å². The molecule has 0 aliphatic carbocycles. The van der Waals surface area contributed by atoms with Gasteiger partial charge in [-0.3, -0.25) is 13.9 Å². The number of aromatic nitrogens is 3. The van der Waals surface area contributed by atoms with E-state index in [1.165, 1.54) is 16.7 Å². The standard InChI is InChI=1S/C17H19N5O4S/c1-12-18-19-17(23)16-10-15(11-22(12)16)27(24,25)20-13-2-4-14(5-3-13)21-6-8-26-9-7-21/h2-5,10-11,20H,6-9H2,1H3,(H,19,23). The van der Waals surface area contributed by atoms with Crippen molar-refractivity contribution in [2.75, 3.05) is 35.9 Å². The van der Waals surface area contributed by atoms with Gasteiger partial charge in [-0.15, -0.1) is 0 Å². The van der Waals surface area contributed by atoms with Crippen LogP contribution in [0.4, 0.5) is 11.4 Å². The first-order valence-corrected chi connectivity index (χ1v) is 9.95. The summed E-state index contributed by atoms with van der Waals surface area (Å²) in [5.74, 6) is 0.487. The van der Waals surface area contributed by atoms with Gasteiger partial charge < -0.3 is 9.64 Å². The lowest BCUT2D eigenvalue weighted by atomic mass is 10.2. The molecule has 1 aliphatic rings. The van der Waals surface area contributed by atoms with Crippen molar-refractivity contribution in [1.82, 2.24) is 14.6 Å². The molecule has 4 rings (SSSR count). The molecule has 3 aromatic rings. The largest absolute Gasteiger partial charge is 0.378 e. The third-order valence-electron chi connectivity index (χ3n) is 4.50. The summed E-state index contributed by atoms with van der Waals surface area (Å²) in [4.78, 5) is 14.0. The number of aromatic amines is 1. The van der Waals surface area contributed by atoms with Crippen LogP contribution in [-0.4, -0.2) is 49.3 Å². The fraction of sp³-hybridized carbons (Fsp3) is 0.294. The zero-order valence-corrected chi connectivity index (χ0v) is 15.5. The van der Waals surface area contributed by atoms with Gasteiger partial charge in [-0.1, -0.05) is 0 Å². The molecule has 0 amide bonds. The van der Waals surface area contributed by atoms with E-state index in [0.717, 1.165) is 18.8 Å². The molecule has 142 valence electrons. The Morgan fingerprint density at radius 1 is 1.19 bits per heavy atom. The molecule has 2 N–H and O–H groups in total. The number of benzene rings is 1. The Bertz CT molecular complexity index is 1130. The highest BCUT2D eigenvalue weighted by molar-refractivity contribution is 7.92. The van der Waals surface area contributed by atoms with Crippen molar-refractivity contribution in [1.29, 1.82) is 0 Å². The van der Waals surface area contributed by atoms with Crippen LogP contribution in [0.1, 0.15) is 5.82 Å². The second-order valence-electron chi connectivity index (χ2n) is 6.28. The van der Waals surface area contributed by atoms with E-state index in [2.05, 4.69) is 19.8 Å². The molecule has 3 heterocycles. The van der Waals surface area contributed by atoms with Crippen LogP contribution in [0.3, 0.4) is 0 Å². The SMILES string of the molecule is Cc1n[nH]c(=O)c2cc(S(=O)(=O)Nc3ccc(N4CCOCC4)cc3)cn12. The summed E-state index contributed by atoms with van der Waals surface area (Å²) in [6.45, 7) is 4.67. The Balaban J connectivity index is 1.59. The number of hydrogen-bond donors (Lipinski definition) is 2. The van der Waals surface area contributed by atoms with Gasteiger partial charge in [0.2, 0.25) is 0 Å². The van der Waals surface area contributed by atoms with Gasteiger partial charge in [-0.2, -0.15) is 5.10 Å². The molecular weight excluding hydrogens is 370 g/mol. The number of anilines is 2. The highest BCUT2D eigenvalue weighted by Gasteiger charge is 2.19. The smallest absolute Gasteiger partial charge is 0.288 e. The Labute approximate surface area is 155 Å². The fourth-order valence-corrected chi connectivity index (χ4v) is 4.12. The molecule has 0 spiro atoms. The number of aryl methyl sites for hydroxylation is 1. The van der Waals surface area contributed by atoms with Crippen LogP contribution in [0, 0.1) is 6.92 Å². The minimum atomic E-state index is -3.83. The van der Waals surface area contributed by atoms with E-state index >= 15 is 0 Å². The number of fused-ring (bicyclic) bond motifs is 1. The van der Waals surface area contributed by atoms with E-state index < -0.39 is 15.6 Å². The van der Waals surface area contributed by atoms with Gasteiger partial charge in [0.1, 0.15) is 16.2 Å². The fourth-order valence-electron chi connectivity index (χ4n) is 3.05. The van der Waals surface area contributed by atoms with Crippen LogP contribution in [-0.2, 0) is 14.8 Å². The van der Waals surface area contributed by atoms with E-state index in [0.29, 0.717) is 24.7 Å². The van der Waals surface area contributed by atoms with Gasteiger partial charge in [0.05, 0.1) is 13.2 Å². The molecule has 10 heteroatoms. The van der Waals surface area contributed by atoms with Crippen molar-refractivity contribution in [2.45, 2.75) is 11.8 Å². The van der Waals surface area contributed by atoms with Crippen LogP contribution in [0.5, 0.6) is 0 Å². The van der Waals surface area contributed by atoms with Crippen molar-refractivity contribution in [2.24, 2.45) is 0 Å². The number of ether oxygens (including phenoxy) is 1. The number of nitrogens with one attached hydrogen (secondary N) is 2. The second-order valence-corrected chi connectivity index (χ2v) is 7.97. The lowest BCUT2D eigenvalue weighted by Gasteiger charge is -2.28. The number of nitrogens with zero attached hydrogens (tertiary/aromatic N) is 3. The van der Waals surface area contributed by atoms with E-state index in [1.54, 1.807) is 19.1 Å². The molecule has 0 unspecified atom stereocenters. The van der Waals surface area contributed by atoms with Gasteiger partial charge >= 0.3 is 0 Å². The van der Waals surface area contributed by atoms with Gasteiger partial charge in [0.25, 0.3) is 15.6 Å². The molecule has 9 nitrogen and oxygen atoms in total. The normalized spacial score (nSPS) is 15.2. The van der Waals surface area contributed by atoms with Crippen molar-refractivity contribution in [3.63, 3.8) is 0 Å². The van der Waals surface area contributed by atoms with Crippen molar-refractivity contribution < 1.29 is 13.2 Å². The molecule has 1 aliphatic heterocycles. The average molecular weight is 389 g/mol. The summed E-state index contributed by atoms with van der Waals surface area (Å²) in [5, 5.41) is 6.18. The van der Waals surface area contributed by atoms with Crippen molar-refractivity contribution in [3.05, 3.63) is 52.7 Å². The molecule has 0 atom stereocenters. The number of H-pyrrole nitrogens is 1. The lowest BCUT2D eigenvalue weighted by molar-refractivity contribution is 0.122. The molecule has 0 bridgehead atoms. The highest BCUT2D eigenvalue weighted by atomic mass is 32.2. The first kappa shape index (κ1) is 17.6. The monoisotopic (exact) mass is 389 g/mol. The lowest BCUT2D eigenvalue weighted by Crippen LogP contribution is -2.36. The highest BCUT2D eigenvalue weighted by Crippen LogP contribution is 2.22. The average Bonchev–Trinajstić information content (AvgIpc) is 3.14. The Morgan fingerprint density at radius 2 is 1.89 bits per heavy atom. The minimum Gasteiger partial charge on any atom is -0.378 e. The summed E-state index contributed by atoms with van der Waals surface area (Å²) in [7, 11) is -3.83. The Hall–Kier alpha value is -2.85. The van der Waals surface area contributed by atoms with E-state index in [1.807, 2.05) is 12.1 Å². The maximum atomic E-state index is 12.7.